The van der Waals surface area contributed by atoms with Crippen molar-refractivity contribution in [1.29, 1.82) is 0 Å². The third-order valence-corrected chi connectivity index (χ3v) is 1.71. The molecule has 0 aliphatic rings. The zero-order chi connectivity index (χ0) is 8.04. The third kappa shape index (κ3) is 4.57. The minimum Gasteiger partial charge on any atom is -0.325 e. The molecule has 0 rings (SSSR count). The van der Waals surface area contributed by atoms with Gasteiger partial charge in [-0.2, -0.15) is 0 Å². The minimum absolute atomic E-state index is 0.0161. The summed E-state index contributed by atoms with van der Waals surface area (Å²) >= 11 is 0. The molecule has 1 nitrogen and oxygen atoms in total. The molecule has 0 saturated heterocycles. The number of hydrogen-bond donors (Lipinski definition) is 1. The highest BCUT2D eigenvalue weighted by atomic mass is 14.7. The van der Waals surface area contributed by atoms with Gasteiger partial charge in [-0.15, -0.1) is 6.58 Å². The Morgan fingerprint density at radius 1 is 1.60 bits per heavy atom. The van der Waals surface area contributed by atoms with Crippen LogP contribution in [-0.2, 0) is 0 Å². The minimum atomic E-state index is -0.0161. The highest BCUT2D eigenvalue weighted by molar-refractivity contribution is 4.86. The molecule has 0 saturated carbocycles. The molecule has 0 aromatic heterocycles. The Bertz CT molecular complexity index is 94.9. The maximum atomic E-state index is 5.94. The highest BCUT2D eigenvalue weighted by Crippen LogP contribution is 2.14. The molecule has 0 fully saturated rings. The Morgan fingerprint density at radius 2 is 2.20 bits per heavy atom. The lowest BCUT2D eigenvalue weighted by Crippen LogP contribution is -2.35. The van der Waals surface area contributed by atoms with Crippen LogP contribution in [0.25, 0.3) is 0 Å². The molecule has 0 amide bonds. The monoisotopic (exact) mass is 141 g/mol. The molecule has 1 heteroatoms. The van der Waals surface area contributed by atoms with Crippen LogP contribution in [0.3, 0.4) is 0 Å². The normalized spacial score (nSPS) is 16.3. The van der Waals surface area contributed by atoms with Crippen molar-refractivity contribution in [1.82, 2.24) is 0 Å². The van der Waals surface area contributed by atoms with Crippen molar-refractivity contribution < 1.29 is 0 Å². The number of nitrogens with two attached hydrogens (primary N) is 1. The summed E-state index contributed by atoms with van der Waals surface area (Å²) in [6, 6.07) is 0. The molecule has 0 heterocycles. The lowest BCUT2D eigenvalue weighted by molar-refractivity contribution is 0.421. The lowest BCUT2D eigenvalue weighted by atomic mass is 9.93. The molecule has 1 atom stereocenters. The standard InChI is InChI=1S/C9H19N/c1-4-6-8-9(3,10)7-5-2/h5H,2,4,6-8,10H2,1,3H3. The van der Waals surface area contributed by atoms with Gasteiger partial charge in [-0.25, -0.2) is 0 Å². The Balaban J connectivity index is 3.51. The fraction of sp³-hybridized carbons (Fsp3) is 0.778. The topological polar surface area (TPSA) is 26.0 Å². The summed E-state index contributed by atoms with van der Waals surface area (Å²) in [5.74, 6) is 0. The first kappa shape index (κ1) is 9.70. The molecule has 0 aromatic rings. The van der Waals surface area contributed by atoms with Gasteiger partial charge in [-0.05, 0) is 19.8 Å². The first-order valence-electron chi connectivity index (χ1n) is 4.02. The maximum Gasteiger partial charge on any atom is 0.0160 e. The molecule has 0 spiro atoms. The van der Waals surface area contributed by atoms with E-state index < -0.39 is 0 Å². The molecular formula is C9H19N. The summed E-state index contributed by atoms with van der Waals surface area (Å²) in [5, 5.41) is 0. The largest absolute Gasteiger partial charge is 0.325 e. The fourth-order valence-electron chi connectivity index (χ4n) is 1.01. The van der Waals surface area contributed by atoms with Crippen molar-refractivity contribution in [2.45, 2.75) is 45.1 Å². The van der Waals surface area contributed by atoms with Crippen molar-refractivity contribution in [2.75, 3.05) is 0 Å². The lowest BCUT2D eigenvalue weighted by Gasteiger charge is -2.22. The van der Waals surface area contributed by atoms with E-state index in [1.54, 1.807) is 0 Å². The molecule has 60 valence electrons. The van der Waals surface area contributed by atoms with Crippen molar-refractivity contribution >= 4 is 0 Å². The summed E-state index contributed by atoms with van der Waals surface area (Å²) in [7, 11) is 0. The van der Waals surface area contributed by atoms with E-state index in [1.807, 2.05) is 6.08 Å². The SMILES string of the molecule is C=CCC(C)(N)CCCC. The Kier molecular flexibility index (Phi) is 4.37. The van der Waals surface area contributed by atoms with Gasteiger partial charge in [-0.1, -0.05) is 25.8 Å². The second-order valence-corrected chi connectivity index (χ2v) is 3.25. The van der Waals surface area contributed by atoms with E-state index in [9.17, 15) is 0 Å². The quantitative estimate of drug-likeness (QED) is 0.585. The average molecular weight is 141 g/mol. The summed E-state index contributed by atoms with van der Waals surface area (Å²) in [6.07, 6.45) is 6.38. The Morgan fingerprint density at radius 3 is 2.60 bits per heavy atom. The molecule has 0 aliphatic heterocycles. The van der Waals surface area contributed by atoms with Crippen LogP contribution >= 0.6 is 0 Å². The van der Waals surface area contributed by atoms with Gasteiger partial charge < -0.3 is 5.73 Å². The van der Waals surface area contributed by atoms with Crippen LogP contribution in [0.1, 0.15) is 39.5 Å². The zero-order valence-corrected chi connectivity index (χ0v) is 7.19. The molecule has 1 unspecified atom stereocenters. The van der Waals surface area contributed by atoms with Gasteiger partial charge in [0, 0.05) is 5.54 Å². The van der Waals surface area contributed by atoms with Crippen LogP contribution in [0.15, 0.2) is 12.7 Å². The summed E-state index contributed by atoms with van der Waals surface area (Å²) in [5.41, 5.74) is 5.93. The fourth-order valence-corrected chi connectivity index (χ4v) is 1.01. The van der Waals surface area contributed by atoms with E-state index in [0.29, 0.717) is 0 Å². The highest BCUT2D eigenvalue weighted by Gasteiger charge is 2.14. The second kappa shape index (κ2) is 4.51. The molecule has 2 N–H and O–H groups in total. The van der Waals surface area contributed by atoms with Crippen LogP contribution in [0.5, 0.6) is 0 Å². The maximum absolute atomic E-state index is 5.94. The number of unbranched alkanes of at least 4 members (excludes halogenated alkanes) is 1. The average Bonchev–Trinajstić information content (AvgIpc) is 1.84. The molecule has 0 aromatic carbocycles. The first-order chi connectivity index (χ1) is 4.62. The predicted molar refractivity (Wildman–Crippen MR) is 46.9 cm³/mol. The van der Waals surface area contributed by atoms with Gasteiger partial charge in [0.2, 0.25) is 0 Å². The molecule has 10 heavy (non-hydrogen) atoms. The smallest absolute Gasteiger partial charge is 0.0160 e. The van der Waals surface area contributed by atoms with Crippen LogP contribution in [0.4, 0.5) is 0 Å². The molecule has 0 aliphatic carbocycles. The Hall–Kier alpha value is -0.300. The first-order valence-corrected chi connectivity index (χ1v) is 4.02. The summed E-state index contributed by atoms with van der Waals surface area (Å²) in [6.45, 7) is 7.95. The van der Waals surface area contributed by atoms with Gasteiger partial charge in [0.05, 0.1) is 0 Å². The van der Waals surface area contributed by atoms with E-state index >= 15 is 0 Å². The van der Waals surface area contributed by atoms with Gasteiger partial charge in [0.25, 0.3) is 0 Å². The van der Waals surface area contributed by atoms with Crippen LogP contribution < -0.4 is 5.73 Å². The van der Waals surface area contributed by atoms with Gasteiger partial charge in [0.1, 0.15) is 0 Å². The van der Waals surface area contributed by atoms with Crippen molar-refractivity contribution in [3.8, 4) is 0 Å². The third-order valence-electron chi connectivity index (χ3n) is 1.71. The zero-order valence-electron chi connectivity index (χ0n) is 7.19. The van der Waals surface area contributed by atoms with E-state index in [1.165, 1.54) is 12.8 Å². The van der Waals surface area contributed by atoms with Crippen molar-refractivity contribution in [2.24, 2.45) is 5.73 Å². The van der Waals surface area contributed by atoms with E-state index in [2.05, 4.69) is 20.4 Å². The van der Waals surface area contributed by atoms with Crippen molar-refractivity contribution in [3.05, 3.63) is 12.7 Å². The van der Waals surface area contributed by atoms with E-state index in [4.69, 9.17) is 5.73 Å². The van der Waals surface area contributed by atoms with Crippen LogP contribution in [0, 0.1) is 0 Å². The number of hydrogen-bond acceptors (Lipinski definition) is 1. The second-order valence-electron chi connectivity index (χ2n) is 3.25. The van der Waals surface area contributed by atoms with E-state index in [-0.39, 0.29) is 5.54 Å². The predicted octanol–water partition coefficient (Wildman–Crippen LogP) is 2.47. The molecule has 0 radical (unpaired) electrons. The van der Waals surface area contributed by atoms with Crippen molar-refractivity contribution in [3.63, 3.8) is 0 Å². The van der Waals surface area contributed by atoms with Gasteiger partial charge >= 0.3 is 0 Å². The molecular weight excluding hydrogens is 122 g/mol. The summed E-state index contributed by atoms with van der Waals surface area (Å²) in [4.78, 5) is 0. The number of rotatable bonds is 5. The molecule has 0 bridgehead atoms. The van der Waals surface area contributed by atoms with E-state index in [0.717, 1.165) is 12.8 Å². The van der Waals surface area contributed by atoms with Crippen LogP contribution in [0.2, 0.25) is 0 Å². The van der Waals surface area contributed by atoms with Gasteiger partial charge in [-0.3, -0.25) is 0 Å². The van der Waals surface area contributed by atoms with Crippen LogP contribution in [-0.4, -0.2) is 5.54 Å². The summed E-state index contributed by atoms with van der Waals surface area (Å²) < 4.78 is 0. The van der Waals surface area contributed by atoms with Gasteiger partial charge in [0.15, 0.2) is 0 Å². The Labute approximate surface area is 64.3 Å².